The Morgan fingerprint density at radius 3 is 2.62 bits per heavy atom. The molecule has 1 amide bonds. The molecule has 0 aromatic heterocycles. The summed E-state index contributed by atoms with van der Waals surface area (Å²) in [7, 11) is 0. The molecule has 0 unspecified atom stereocenters. The summed E-state index contributed by atoms with van der Waals surface area (Å²) < 4.78 is 12.4. The van der Waals surface area contributed by atoms with E-state index in [0.717, 1.165) is 16.7 Å². The van der Waals surface area contributed by atoms with E-state index in [-0.39, 0.29) is 5.57 Å². The first kappa shape index (κ1) is 25.4. The molecule has 0 saturated heterocycles. The summed E-state index contributed by atoms with van der Waals surface area (Å²) in [5.41, 5.74) is 4.20. The number of ether oxygens (including phenoxy) is 2. The maximum absolute atomic E-state index is 12.8. The second-order valence-electron chi connectivity index (χ2n) is 7.62. The first-order valence-electron chi connectivity index (χ1n) is 10.6. The summed E-state index contributed by atoms with van der Waals surface area (Å²) in [6, 6.07) is 18.6. The summed E-state index contributed by atoms with van der Waals surface area (Å²) in [5.74, 6) is 0.541. The summed E-state index contributed by atoms with van der Waals surface area (Å²) in [4.78, 5) is 12.8. The predicted molar refractivity (Wildman–Crippen MR) is 139 cm³/mol. The molecule has 0 aliphatic heterocycles. The van der Waals surface area contributed by atoms with Gasteiger partial charge < -0.3 is 14.8 Å². The Balaban J connectivity index is 1.86. The van der Waals surface area contributed by atoms with E-state index in [1.807, 2.05) is 63.2 Å². The van der Waals surface area contributed by atoms with E-state index in [0.29, 0.717) is 45.5 Å². The third-order valence-electron chi connectivity index (χ3n) is 4.91. The molecule has 3 aromatic carbocycles. The number of aryl methyl sites for hydroxylation is 2. The van der Waals surface area contributed by atoms with Crippen molar-refractivity contribution in [3.63, 3.8) is 0 Å². The number of benzene rings is 3. The predicted octanol–water partition coefficient (Wildman–Crippen LogP) is 7.24. The van der Waals surface area contributed by atoms with Crippen LogP contribution in [-0.2, 0) is 11.4 Å². The minimum Gasteiger partial charge on any atom is -0.490 e. The Kier molecular flexibility index (Phi) is 8.75. The topological polar surface area (TPSA) is 71.3 Å². The lowest BCUT2D eigenvalue weighted by atomic mass is 10.1. The average molecular weight is 540 g/mol. The molecule has 1 N–H and O–H groups in total. The Hall–Kier alpha value is -3.27. The molecule has 5 nitrogen and oxygen atoms in total. The molecular formula is C27H24BrClN2O3. The van der Waals surface area contributed by atoms with Crippen molar-refractivity contribution in [1.29, 1.82) is 5.26 Å². The lowest BCUT2D eigenvalue weighted by molar-refractivity contribution is -0.112. The van der Waals surface area contributed by atoms with Gasteiger partial charge in [-0.25, -0.2) is 0 Å². The van der Waals surface area contributed by atoms with Crippen LogP contribution in [0.25, 0.3) is 6.08 Å². The van der Waals surface area contributed by atoms with Gasteiger partial charge >= 0.3 is 0 Å². The van der Waals surface area contributed by atoms with Crippen LogP contribution in [-0.4, -0.2) is 12.5 Å². The first-order valence-corrected chi connectivity index (χ1v) is 11.8. The summed E-state index contributed by atoms with van der Waals surface area (Å²) in [5, 5.41) is 13.1. The molecule has 0 atom stereocenters. The van der Waals surface area contributed by atoms with E-state index < -0.39 is 5.91 Å². The van der Waals surface area contributed by atoms with E-state index in [1.54, 1.807) is 18.2 Å². The number of rotatable bonds is 8. The minimum absolute atomic E-state index is 0.0260. The molecule has 0 radical (unpaired) electrons. The van der Waals surface area contributed by atoms with Gasteiger partial charge in [0.2, 0.25) is 0 Å². The van der Waals surface area contributed by atoms with Crippen LogP contribution in [0.1, 0.15) is 29.2 Å². The number of carbonyl (C=O) groups excluding carboxylic acids is 1. The lowest BCUT2D eigenvalue weighted by Crippen LogP contribution is -2.14. The van der Waals surface area contributed by atoms with Gasteiger partial charge in [-0.05, 0) is 89.8 Å². The van der Waals surface area contributed by atoms with E-state index in [2.05, 4.69) is 21.2 Å². The fourth-order valence-corrected chi connectivity index (χ4v) is 4.10. The van der Waals surface area contributed by atoms with Crippen LogP contribution in [0.5, 0.6) is 11.5 Å². The molecule has 34 heavy (non-hydrogen) atoms. The third kappa shape index (κ3) is 6.63. The molecule has 0 heterocycles. The molecule has 0 aliphatic carbocycles. The van der Waals surface area contributed by atoms with Crippen LogP contribution >= 0.6 is 27.5 Å². The number of hydrogen-bond acceptors (Lipinski definition) is 4. The van der Waals surface area contributed by atoms with Gasteiger partial charge in [0.25, 0.3) is 5.91 Å². The Labute approximate surface area is 213 Å². The van der Waals surface area contributed by atoms with E-state index in [1.165, 1.54) is 6.08 Å². The number of carbonyl (C=O) groups is 1. The fraction of sp³-hybridized carbons (Fsp3) is 0.185. The van der Waals surface area contributed by atoms with E-state index >= 15 is 0 Å². The standard InChI is InChI=1S/C27H24BrClN2O3/c1-4-33-25-14-20(13-23(28)26(25)34-16-19-6-5-7-22(29)12-19)11-21(15-30)27(32)31-24-9-8-17(2)10-18(24)3/h5-14H,4,16H2,1-3H3,(H,31,32)/b21-11-. The van der Waals surface area contributed by atoms with Gasteiger partial charge in [-0.15, -0.1) is 0 Å². The van der Waals surface area contributed by atoms with Gasteiger partial charge in [-0.2, -0.15) is 5.26 Å². The van der Waals surface area contributed by atoms with Gasteiger partial charge in [-0.3, -0.25) is 4.79 Å². The summed E-state index contributed by atoms with van der Waals surface area (Å²) >= 11 is 9.59. The zero-order valence-corrected chi connectivity index (χ0v) is 21.5. The monoisotopic (exact) mass is 538 g/mol. The van der Waals surface area contributed by atoms with Crippen LogP contribution in [0.3, 0.4) is 0 Å². The van der Waals surface area contributed by atoms with E-state index in [4.69, 9.17) is 21.1 Å². The van der Waals surface area contributed by atoms with Crippen molar-refractivity contribution in [2.75, 3.05) is 11.9 Å². The number of anilines is 1. The Morgan fingerprint density at radius 2 is 1.94 bits per heavy atom. The van der Waals surface area contributed by atoms with Gasteiger partial charge in [0.05, 0.1) is 11.1 Å². The van der Waals surface area contributed by atoms with Gasteiger partial charge in [0, 0.05) is 10.7 Å². The second kappa shape index (κ2) is 11.7. The number of nitriles is 1. The van der Waals surface area contributed by atoms with Crippen LogP contribution in [0.2, 0.25) is 5.02 Å². The fourth-order valence-electron chi connectivity index (χ4n) is 3.32. The second-order valence-corrected chi connectivity index (χ2v) is 8.91. The van der Waals surface area contributed by atoms with Crippen LogP contribution in [0.15, 0.2) is 64.6 Å². The molecular weight excluding hydrogens is 516 g/mol. The van der Waals surface area contributed by atoms with Crippen LogP contribution < -0.4 is 14.8 Å². The number of hydrogen-bond donors (Lipinski definition) is 1. The maximum Gasteiger partial charge on any atom is 0.266 e. The molecule has 3 aromatic rings. The summed E-state index contributed by atoms with van der Waals surface area (Å²) in [6.07, 6.45) is 1.52. The van der Waals surface area contributed by atoms with Crippen molar-refractivity contribution in [3.05, 3.63) is 91.9 Å². The van der Waals surface area contributed by atoms with Gasteiger partial charge in [-0.1, -0.05) is 41.4 Å². The average Bonchev–Trinajstić information content (AvgIpc) is 2.79. The number of nitrogens with zero attached hydrogens (tertiary/aromatic N) is 1. The largest absolute Gasteiger partial charge is 0.490 e. The zero-order chi connectivity index (χ0) is 24.7. The van der Waals surface area contributed by atoms with Crippen molar-refractivity contribution in [3.8, 4) is 17.6 Å². The molecule has 174 valence electrons. The smallest absolute Gasteiger partial charge is 0.266 e. The quantitative estimate of drug-likeness (QED) is 0.242. The van der Waals surface area contributed by atoms with Crippen LogP contribution in [0.4, 0.5) is 5.69 Å². The molecule has 0 fully saturated rings. The number of halogens is 2. The first-order chi connectivity index (χ1) is 16.3. The normalized spacial score (nSPS) is 11.0. The summed E-state index contributed by atoms with van der Waals surface area (Å²) in [6.45, 7) is 6.48. The molecule has 0 saturated carbocycles. The lowest BCUT2D eigenvalue weighted by Gasteiger charge is -2.15. The van der Waals surface area contributed by atoms with Gasteiger partial charge in [0.1, 0.15) is 18.2 Å². The molecule has 0 spiro atoms. The highest BCUT2D eigenvalue weighted by molar-refractivity contribution is 9.10. The number of nitrogens with one attached hydrogen (secondary N) is 1. The van der Waals surface area contributed by atoms with Crippen molar-refractivity contribution in [2.24, 2.45) is 0 Å². The van der Waals surface area contributed by atoms with Crippen molar-refractivity contribution in [2.45, 2.75) is 27.4 Å². The van der Waals surface area contributed by atoms with Crippen molar-refractivity contribution in [1.82, 2.24) is 0 Å². The SMILES string of the molecule is CCOc1cc(/C=C(/C#N)C(=O)Nc2ccc(C)cc2C)cc(Br)c1OCc1cccc(Cl)c1. The van der Waals surface area contributed by atoms with E-state index in [9.17, 15) is 10.1 Å². The van der Waals surface area contributed by atoms with Gasteiger partial charge in [0.15, 0.2) is 11.5 Å². The molecule has 3 rings (SSSR count). The highest BCUT2D eigenvalue weighted by atomic mass is 79.9. The minimum atomic E-state index is -0.482. The highest BCUT2D eigenvalue weighted by Gasteiger charge is 2.15. The zero-order valence-electron chi connectivity index (χ0n) is 19.1. The third-order valence-corrected chi connectivity index (χ3v) is 5.73. The molecule has 0 aliphatic rings. The highest BCUT2D eigenvalue weighted by Crippen LogP contribution is 2.38. The Bertz CT molecular complexity index is 1280. The van der Waals surface area contributed by atoms with Crippen molar-refractivity contribution >= 4 is 45.2 Å². The molecule has 7 heteroatoms. The number of amides is 1. The Morgan fingerprint density at radius 1 is 1.15 bits per heavy atom. The van der Waals surface area contributed by atoms with Crippen molar-refractivity contribution < 1.29 is 14.3 Å². The van der Waals surface area contributed by atoms with Crippen LogP contribution in [0, 0.1) is 25.2 Å². The molecule has 0 bridgehead atoms. The maximum atomic E-state index is 12.8.